The highest BCUT2D eigenvalue weighted by Crippen LogP contribution is 2.24. The Morgan fingerprint density at radius 1 is 1.38 bits per heavy atom. The number of hydrogen-bond donors (Lipinski definition) is 0. The summed E-state index contributed by atoms with van der Waals surface area (Å²) in [6.07, 6.45) is 1.70. The quantitative estimate of drug-likeness (QED) is 0.786. The first-order valence-corrected chi connectivity index (χ1v) is 6.25. The fourth-order valence-electron chi connectivity index (χ4n) is 1.32. The summed E-state index contributed by atoms with van der Waals surface area (Å²) in [4.78, 5) is 0. The number of rotatable bonds is 3. The smallest absolute Gasteiger partial charge is 0.195 e. The minimum absolute atomic E-state index is 0.474. The molecule has 1 heterocycles. The van der Waals surface area contributed by atoms with Crippen LogP contribution < -0.4 is 0 Å². The molecule has 1 aromatic heterocycles. The molecule has 0 fully saturated rings. The molecule has 0 radical (unpaired) electrons. The zero-order valence-electron chi connectivity index (χ0n) is 9.09. The Morgan fingerprint density at radius 2 is 2.19 bits per heavy atom. The van der Waals surface area contributed by atoms with Crippen LogP contribution >= 0.6 is 23.4 Å². The number of benzene rings is 1. The predicted molar refractivity (Wildman–Crippen MR) is 67.4 cm³/mol. The molecule has 0 aliphatic rings. The van der Waals surface area contributed by atoms with Crippen molar-refractivity contribution in [3.63, 3.8) is 0 Å². The molecule has 0 amide bonds. The van der Waals surface area contributed by atoms with Crippen LogP contribution in [0.2, 0.25) is 5.02 Å². The molecule has 0 saturated heterocycles. The highest BCUT2D eigenvalue weighted by Gasteiger charge is 2.08. The Labute approximate surface area is 104 Å². The lowest BCUT2D eigenvalue weighted by molar-refractivity contribution is 0.877. The Bertz CT molecular complexity index is 482. The van der Waals surface area contributed by atoms with E-state index in [9.17, 15) is 0 Å². The summed E-state index contributed by atoms with van der Waals surface area (Å²) >= 11 is 7.64. The van der Waals surface area contributed by atoms with Crippen molar-refractivity contribution in [2.24, 2.45) is 0 Å². The lowest BCUT2D eigenvalue weighted by Gasteiger charge is -2.07. The topological polar surface area (TPSA) is 30.7 Å². The normalized spacial score (nSPS) is 11.0. The van der Waals surface area contributed by atoms with Gasteiger partial charge in [-0.05, 0) is 18.2 Å². The number of nitrogens with zero attached hydrogens (tertiary/aromatic N) is 3. The number of thioether (sulfide) groups is 1. The van der Waals surface area contributed by atoms with Crippen molar-refractivity contribution in [3.05, 3.63) is 35.6 Å². The Morgan fingerprint density at radius 3 is 2.88 bits per heavy atom. The molecule has 0 aliphatic heterocycles. The first-order valence-electron chi connectivity index (χ1n) is 4.99. The van der Waals surface area contributed by atoms with E-state index in [0.29, 0.717) is 10.3 Å². The lowest BCUT2D eigenvalue weighted by atomic mass is 10.3. The van der Waals surface area contributed by atoms with Gasteiger partial charge >= 0.3 is 0 Å². The molecular formula is C11H12ClN3S. The summed E-state index contributed by atoms with van der Waals surface area (Å²) < 4.78 is 1.94. The zero-order valence-corrected chi connectivity index (χ0v) is 10.7. The third-order valence-electron chi connectivity index (χ3n) is 1.94. The van der Waals surface area contributed by atoms with Crippen LogP contribution in [0.3, 0.4) is 0 Å². The Balaban J connectivity index is 2.37. The number of hydrogen-bond acceptors (Lipinski definition) is 3. The van der Waals surface area contributed by atoms with Crippen LogP contribution in [0.15, 0.2) is 35.7 Å². The molecule has 0 saturated carbocycles. The van der Waals surface area contributed by atoms with Gasteiger partial charge in [0.05, 0.1) is 5.69 Å². The van der Waals surface area contributed by atoms with Crippen molar-refractivity contribution in [2.75, 3.05) is 0 Å². The molecule has 0 bridgehead atoms. The zero-order chi connectivity index (χ0) is 11.5. The van der Waals surface area contributed by atoms with Crippen LogP contribution in [0.4, 0.5) is 0 Å². The molecule has 2 aromatic rings. The first kappa shape index (κ1) is 11.5. The average Bonchev–Trinajstić information content (AvgIpc) is 2.65. The van der Waals surface area contributed by atoms with Crippen LogP contribution in [0.25, 0.3) is 5.69 Å². The molecule has 0 N–H and O–H groups in total. The van der Waals surface area contributed by atoms with Crippen molar-refractivity contribution in [1.29, 1.82) is 0 Å². The average molecular weight is 254 g/mol. The van der Waals surface area contributed by atoms with E-state index in [1.165, 1.54) is 0 Å². The molecule has 0 atom stereocenters. The van der Waals surface area contributed by atoms with E-state index in [2.05, 4.69) is 24.0 Å². The van der Waals surface area contributed by atoms with E-state index in [0.717, 1.165) is 10.8 Å². The van der Waals surface area contributed by atoms with Gasteiger partial charge in [0.25, 0.3) is 0 Å². The maximum atomic E-state index is 5.96. The molecule has 2 rings (SSSR count). The van der Waals surface area contributed by atoms with E-state index in [1.54, 1.807) is 18.1 Å². The predicted octanol–water partition coefficient (Wildman–Crippen LogP) is 3.42. The maximum absolute atomic E-state index is 5.96. The molecule has 1 aromatic carbocycles. The largest absolute Gasteiger partial charge is 0.277 e. The van der Waals surface area contributed by atoms with Gasteiger partial charge in [-0.15, -0.1) is 10.2 Å². The lowest BCUT2D eigenvalue weighted by Crippen LogP contribution is -1.97. The van der Waals surface area contributed by atoms with E-state index >= 15 is 0 Å². The number of aromatic nitrogens is 3. The third-order valence-corrected chi connectivity index (χ3v) is 3.14. The standard InChI is InChI=1S/C11H12ClN3S/c1-8(2)16-11-14-13-7-15(11)10-5-3-4-9(12)6-10/h3-8H,1-2H3. The summed E-state index contributed by atoms with van der Waals surface area (Å²) in [6, 6.07) is 7.65. The van der Waals surface area contributed by atoms with Gasteiger partial charge < -0.3 is 0 Å². The van der Waals surface area contributed by atoms with Crippen molar-refractivity contribution >= 4 is 23.4 Å². The summed E-state index contributed by atoms with van der Waals surface area (Å²) in [5.41, 5.74) is 0.987. The van der Waals surface area contributed by atoms with Crippen LogP contribution in [-0.4, -0.2) is 20.0 Å². The van der Waals surface area contributed by atoms with Gasteiger partial charge in [-0.1, -0.05) is 43.3 Å². The van der Waals surface area contributed by atoms with E-state index in [1.807, 2.05) is 28.8 Å². The number of halogens is 1. The van der Waals surface area contributed by atoms with E-state index < -0.39 is 0 Å². The van der Waals surface area contributed by atoms with Gasteiger partial charge in [0.1, 0.15) is 6.33 Å². The molecule has 3 nitrogen and oxygen atoms in total. The summed E-state index contributed by atoms with van der Waals surface area (Å²) in [5.74, 6) is 0. The van der Waals surface area contributed by atoms with Crippen LogP contribution in [0.1, 0.15) is 13.8 Å². The second-order valence-electron chi connectivity index (χ2n) is 3.63. The molecular weight excluding hydrogens is 242 g/mol. The van der Waals surface area contributed by atoms with Crippen LogP contribution in [0, 0.1) is 0 Å². The van der Waals surface area contributed by atoms with Crippen molar-refractivity contribution < 1.29 is 0 Å². The summed E-state index contributed by atoms with van der Waals surface area (Å²) in [5, 5.41) is 10.1. The van der Waals surface area contributed by atoms with Crippen molar-refractivity contribution in [3.8, 4) is 5.69 Å². The Hall–Kier alpha value is -1.00. The molecule has 0 aliphatic carbocycles. The van der Waals surface area contributed by atoms with Gasteiger partial charge in [-0.3, -0.25) is 4.57 Å². The molecule has 16 heavy (non-hydrogen) atoms. The molecule has 5 heteroatoms. The van der Waals surface area contributed by atoms with Crippen LogP contribution in [0.5, 0.6) is 0 Å². The molecule has 0 unspecified atom stereocenters. The minimum atomic E-state index is 0.474. The van der Waals surface area contributed by atoms with Crippen LogP contribution in [-0.2, 0) is 0 Å². The maximum Gasteiger partial charge on any atom is 0.195 e. The van der Waals surface area contributed by atoms with Gasteiger partial charge in [-0.25, -0.2) is 0 Å². The first-order chi connectivity index (χ1) is 7.66. The monoisotopic (exact) mass is 253 g/mol. The fourth-order valence-corrected chi connectivity index (χ4v) is 2.29. The van der Waals surface area contributed by atoms with Gasteiger partial charge in [0.15, 0.2) is 5.16 Å². The van der Waals surface area contributed by atoms with Gasteiger partial charge in [0, 0.05) is 10.3 Å². The minimum Gasteiger partial charge on any atom is -0.277 e. The highest BCUT2D eigenvalue weighted by atomic mass is 35.5. The second kappa shape index (κ2) is 4.89. The SMILES string of the molecule is CC(C)Sc1nncn1-c1cccc(Cl)c1. The third kappa shape index (κ3) is 2.57. The van der Waals surface area contributed by atoms with Crippen molar-refractivity contribution in [2.45, 2.75) is 24.3 Å². The van der Waals surface area contributed by atoms with Gasteiger partial charge in [0.2, 0.25) is 0 Å². The fraction of sp³-hybridized carbons (Fsp3) is 0.273. The van der Waals surface area contributed by atoms with E-state index in [4.69, 9.17) is 11.6 Å². The Kier molecular flexibility index (Phi) is 3.51. The molecule has 0 spiro atoms. The van der Waals surface area contributed by atoms with E-state index in [-0.39, 0.29) is 0 Å². The summed E-state index contributed by atoms with van der Waals surface area (Å²) in [7, 11) is 0. The van der Waals surface area contributed by atoms with Crippen molar-refractivity contribution in [1.82, 2.24) is 14.8 Å². The summed E-state index contributed by atoms with van der Waals surface area (Å²) in [6.45, 7) is 4.25. The second-order valence-corrected chi connectivity index (χ2v) is 5.61. The highest BCUT2D eigenvalue weighted by molar-refractivity contribution is 7.99. The van der Waals surface area contributed by atoms with Gasteiger partial charge in [-0.2, -0.15) is 0 Å². The molecule has 84 valence electrons.